The summed E-state index contributed by atoms with van der Waals surface area (Å²) >= 11 is 5.23. The van der Waals surface area contributed by atoms with Gasteiger partial charge in [0.2, 0.25) is 0 Å². The number of nitrogens with one attached hydrogen (secondary N) is 1. The molecule has 0 aliphatic carbocycles. The fourth-order valence-electron chi connectivity index (χ4n) is 2.33. The van der Waals surface area contributed by atoms with Gasteiger partial charge in [-0.25, -0.2) is 0 Å². The zero-order valence-electron chi connectivity index (χ0n) is 12.4. The number of nitro benzene ring substituents is 1. The largest absolute Gasteiger partial charge is 0.507 e. The van der Waals surface area contributed by atoms with Crippen molar-refractivity contribution >= 4 is 28.5 Å². The van der Waals surface area contributed by atoms with Gasteiger partial charge in [-0.3, -0.25) is 10.1 Å². The van der Waals surface area contributed by atoms with Gasteiger partial charge in [0.1, 0.15) is 16.5 Å². The van der Waals surface area contributed by atoms with Crippen molar-refractivity contribution in [2.75, 3.05) is 20.8 Å². The van der Waals surface area contributed by atoms with Crippen molar-refractivity contribution in [3.8, 4) is 5.75 Å². The van der Waals surface area contributed by atoms with E-state index in [-0.39, 0.29) is 23.0 Å². The molecule has 0 radical (unpaired) electrons. The number of aliphatic hydroxyl groups is 1. The SMILES string of the molecule is CNC(=S)C1=C(O)C(C)(COC)Oc2ccc([N+](=O)[O-])cc21. The minimum atomic E-state index is -1.12. The number of rotatable bonds is 4. The molecule has 1 unspecified atom stereocenters. The third kappa shape index (κ3) is 2.62. The van der Waals surface area contributed by atoms with Gasteiger partial charge in [0, 0.05) is 31.9 Å². The van der Waals surface area contributed by atoms with Gasteiger partial charge in [-0.2, -0.15) is 0 Å². The van der Waals surface area contributed by atoms with Crippen LogP contribution in [0.1, 0.15) is 12.5 Å². The number of aliphatic hydroxyl groups excluding tert-OH is 1. The summed E-state index contributed by atoms with van der Waals surface area (Å²) < 4.78 is 10.9. The first-order chi connectivity index (χ1) is 10.3. The van der Waals surface area contributed by atoms with E-state index in [0.717, 1.165) is 0 Å². The molecule has 8 heteroatoms. The fraction of sp³-hybridized carbons (Fsp3) is 0.357. The number of likely N-dealkylation sites (N-methyl/N-ethyl adjacent to an activating group) is 1. The Morgan fingerprint density at radius 1 is 1.59 bits per heavy atom. The molecule has 1 aliphatic heterocycles. The molecule has 1 atom stereocenters. The number of nitro groups is 1. The molecule has 22 heavy (non-hydrogen) atoms. The molecule has 2 N–H and O–H groups in total. The van der Waals surface area contributed by atoms with Crippen LogP contribution in [-0.2, 0) is 4.74 Å². The highest BCUT2D eigenvalue weighted by Crippen LogP contribution is 2.41. The minimum absolute atomic E-state index is 0.102. The summed E-state index contributed by atoms with van der Waals surface area (Å²) in [6, 6.07) is 4.16. The molecule has 0 bridgehead atoms. The number of ether oxygens (including phenoxy) is 2. The second-order valence-electron chi connectivity index (χ2n) is 5.01. The topological polar surface area (TPSA) is 93.9 Å². The maximum absolute atomic E-state index is 11.0. The van der Waals surface area contributed by atoms with Crippen LogP contribution in [0.5, 0.6) is 5.75 Å². The Morgan fingerprint density at radius 3 is 2.82 bits per heavy atom. The average Bonchev–Trinajstić information content (AvgIpc) is 2.47. The quantitative estimate of drug-likeness (QED) is 0.498. The lowest BCUT2D eigenvalue weighted by Crippen LogP contribution is -2.43. The summed E-state index contributed by atoms with van der Waals surface area (Å²) in [5, 5.41) is 24.3. The van der Waals surface area contributed by atoms with Gasteiger partial charge in [0.05, 0.1) is 17.1 Å². The number of fused-ring (bicyclic) bond motifs is 1. The lowest BCUT2D eigenvalue weighted by atomic mass is 9.91. The zero-order valence-corrected chi connectivity index (χ0v) is 13.2. The van der Waals surface area contributed by atoms with Crippen molar-refractivity contribution in [3.63, 3.8) is 0 Å². The Bertz CT molecular complexity index is 673. The van der Waals surface area contributed by atoms with Gasteiger partial charge in [-0.15, -0.1) is 0 Å². The molecule has 1 heterocycles. The Kier molecular flexibility index (Phi) is 4.34. The second kappa shape index (κ2) is 5.90. The number of hydrogen-bond acceptors (Lipinski definition) is 6. The summed E-state index contributed by atoms with van der Waals surface area (Å²) in [7, 11) is 3.10. The average molecular weight is 324 g/mol. The normalized spacial score (nSPS) is 20.1. The number of nitrogens with zero attached hydrogens (tertiary/aromatic N) is 1. The van der Waals surface area contributed by atoms with Gasteiger partial charge in [-0.05, 0) is 13.0 Å². The number of non-ortho nitro benzene ring substituents is 1. The van der Waals surface area contributed by atoms with Crippen molar-refractivity contribution in [2.45, 2.75) is 12.5 Å². The summed E-state index contributed by atoms with van der Waals surface area (Å²) in [5.74, 6) is 0.275. The maximum atomic E-state index is 11.0. The van der Waals surface area contributed by atoms with E-state index in [1.165, 1.54) is 25.3 Å². The fourth-order valence-corrected chi connectivity index (χ4v) is 2.53. The Balaban J connectivity index is 2.69. The number of hydrogen-bond donors (Lipinski definition) is 2. The van der Waals surface area contributed by atoms with E-state index >= 15 is 0 Å². The standard InChI is InChI=1S/C14H16N2O5S/c1-14(7-20-3)12(17)11(13(22)15-2)9-6-8(16(18)19)4-5-10(9)21-14/h4-6,17H,7H2,1-3H3,(H,15,22). The maximum Gasteiger partial charge on any atom is 0.270 e. The predicted molar refractivity (Wildman–Crippen MR) is 85.2 cm³/mol. The Labute approximate surface area is 132 Å². The van der Waals surface area contributed by atoms with Crippen LogP contribution >= 0.6 is 12.2 Å². The highest BCUT2D eigenvalue weighted by Gasteiger charge is 2.41. The molecule has 1 aromatic rings. The molecule has 0 saturated heterocycles. The van der Waals surface area contributed by atoms with E-state index in [9.17, 15) is 15.2 Å². The van der Waals surface area contributed by atoms with Crippen LogP contribution in [0.25, 0.3) is 5.57 Å². The van der Waals surface area contributed by atoms with Crippen LogP contribution in [0, 0.1) is 10.1 Å². The zero-order chi connectivity index (χ0) is 16.5. The Morgan fingerprint density at radius 2 is 2.27 bits per heavy atom. The van der Waals surface area contributed by atoms with Gasteiger partial charge in [-0.1, -0.05) is 12.2 Å². The number of thiocarbonyl (C=S) groups is 1. The third-order valence-corrected chi connectivity index (χ3v) is 3.80. The highest BCUT2D eigenvalue weighted by atomic mass is 32.1. The highest BCUT2D eigenvalue weighted by molar-refractivity contribution is 7.81. The van der Waals surface area contributed by atoms with Crippen molar-refractivity contribution in [2.24, 2.45) is 0 Å². The van der Waals surface area contributed by atoms with Crippen molar-refractivity contribution in [1.29, 1.82) is 0 Å². The van der Waals surface area contributed by atoms with Crippen LogP contribution in [0.3, 0.4) is 0 Å². The van der Waals surface area contributed by atoms with E-state index < -0.39 is 10.5 Å². The van der Waals surface area contributed by atoms with Crippen LogP contribution in [0.2, 0.25) is 0 Å². The van der Waals surface area contributed by atoms with Crippen LogP contribution in [0.15, 0.2) is 24.0 Å². The van der Waals surface area contributed by atoms with Crippen LogP contribution in [-0.4, -0.2) is 41.4 Å². The second-order valence-corrected chi connectivity index (χ2v) is 5.41. The third-order valence-electron chi connectivity index (χ3n) is 3.39. The van der Waals surface area contributed by atoms with E-state index in [2.05, 4.69) is 5.32 Å². The molecule has 1 aromatic carbocycles. The lowest BCUT2D eigenvalue weighted by Gasteiger charge is -2.36. The van der Waals surface area contributed by atoms with E-state index in [4.69, 9.17) is 21.7 Å². The summed E-state index contributed by atoms with van der Waals surface area (Å²) in [5.41, 5.74) is -0.544. The lowest BCUT2D eigenvalue weighted by molar-refractivity contribution is -0.384. The predicted octanol–water partition coefficient (Wildman–Crippen LogP) is 2.21. The number of benzene rings is 1. The molecule has 2 rings (SSSR count). The van der Waals surface area contributed by atoms with Gasteiger partial charge in [0.15, 0.2) is 5.60 Å². The molecule has 7 nitrogen and oxygen atoms in total. The number of methoxy groups -OCH3 is 1. The summed E-state index contributed by atoms with van der Waals surface area (Å²) in [4.78, 5) is 10.7. The van der Waals surface area contributed by atoms with Crippen molar-refractivity contribution < 1.29 is 19.5 Å². The molecule has 0 spiro atoms. The molecule has 118 valence electrons. The Hall–Kier alpha value is -2.19. The molecule has 0 fully saturated rings. The first-order valence-electron chi connectivity index (χ1n) is 6.46. The first kappa shape index (κ1) is 16.2. The molecular weight excluding hydrogens is 308 g/mol. The molecule has 0 amide bonds. The van der Waals surface area contributed by atoms with Crippen molar-refractivity contribution in [3.05, 3.63) is 39.6 Å². The summed E-state index contributed by atoms with van der Waals surface area (Å²) in [6.45, 7) is 1.76. The van der Waals surface area contributed by atoms with E-state index in [0.29, 0.717) is 16.9 Å². The van der Waals surface area contributed by atoms with E-state index in [1.807, 2.05) is 0 Å². The minimum Gasteiger partial charge on any atom is -0.507 e. The smallest absolute Gasteiger partial charge is 0.270 e. The van der Waals surface area contributed by atoms with Gasteiger partial charge < -0.3 is 19.9 Å². The molecule has 1 aliphatic rings. The van der Waals surface area contributed by atoms with Crippen molar-refractivity contribution in [1.82, 2.24) is 5.32 Å². The molecule has 0 saturated carbocycles. The monoisotopic (exact) mass is 324 g/mol. The van der Waals surface area contributed by atoms with Crippen LogP contribution in [0.4, 0.5) is 5.69 Å². The van der Waals surface area contributed by atoms with Gasteiger partial charge in [0.25, 0.3) is 5.69 Å². The summed E-state index contributed by atoms with van der Waals surface area (Å²) in [6.07, 6.45) is 0. The molecule has 0 aromatic heterocycles. The van der Waals surface area contributed by atoms with Crippen LogP contribution < -0.4 is 10.1 Å². The van der Waals surface area contributed by atoms with Gasteiger partial charge >= 0.3 is 0 Å². The van der Waals surface area contributed by atoms with E-state index in [1.54, 1.807) is 14.0 Å². The molecular formula is C14H16N2O5S. The first-order valence-corrected chi connectivity index (χ1v) is 6.87.